The van der Waals surface area contributed by atoms with E-state index in [4.69, 9.17) is 5.11 Å². The van der Waals surface area contributed by atoms with Crippen molar-refractivity contribution < 1.29 is 5.11 Å². The van der Waals surface area contributed by atoms with Crippen molar-refractivity contribution in [3.8, 4) is 0 Å². The van der Waals surface area contributed by atoms with Gasteiger partial charge >= 0.3 is 0 Å². The minimum Gasteiger partial charge on any atom is -0.392 e. The highest BCUT2D eigenvalue weighted by molar-refractivity contribution is 5.85. The van der Waals surface area contributed by atoms with Crippen LogP contribution in [0.3, 0.4) is 0 Å². The third-order valence-corrected chi connectivity index (χ3v) is 1.72. The van der Waals surface area contributed by atoms with E-state index in [0.717, 1.165) is 19.4 Å². The summed E-state index contributed by atoms with van der Waals surface area (Å²) in [5.41, 5.74) is 0. The van der Waals surface area contributed by atoms with Crippen LogP contribution in [0.2, 0.25) is 0 Å². The first-order chi connectivity index (χ1) is 3.80. The van der Waals surface area contributed by atoms with Gasteiger partial charge in [-0.3, -0.25) is 0 Å². The van der Waals surface area contributed by atoms with Crippen molar-refractivity contribution in [3.63, 3.8) is 0 Å². The van der Waals surface area contributed by atoms with Crippen molar-refractivity contribution in [2.45, 2.75) is 31.9 Å². The van der Waals surface area contributed by atoms with Crippen LogP contribution >= 0.6 is 12.4 Å². The number of rotatable bonds is 0. The van der Waals surface area contributed by atoms with Crippen molar-refractivity contribution in [3.05, 3.63) is 0 Å². The first-order valence-electron chi connectivity index (χ1n) is 3.22. The third kappa shape index (κ3) is 2.52. The molecule has 1 aliphatic heterocycles. The number of piperidine rings is 1. The molecule has 0 amide bonds. The van der Waals surface area contributed by atoms with Crippen LogP contribution in [0.5, 0.6) is 0 Å². The van der Waals surface area contributed by atoms with Crippen LogP contribution in [0.1, 0.15) is 19.8 Å². The first kappa shape index (κ1) is 9.21. The molecule has 0 bridgehead atoms. The van der Waals surface area contributed by atoms with Crippen LogP contribution in [0.25, 0.3) is 0 Å². The molecule has 0 spiro atoms. The standard InChI is InChI=1S/C6H13NO.ClH/c1-5-6(8)3-2-4-7-5;/h5-8H,2-4H2,1H3;1H/t5-,6+;/m1./s1. The average molecular weight is 152 g/mol. The Hall–Kier alpha value is 0.210. The average Bonchev–Trinajstić information content (AvgIpc) is 1.77. The molecule has 0 radical (unpaired) electrons. The van der Waals surface area contributed by atoms with E-state index in [0.29, 0.717) is 6.04 Å². The lowest BCUT2D eigenvalue weighted by Gasteiger charge is -2.25. The molecule has 1 saturated heterocycles. The minimum atomic E-state index is -0.108. The van der Waals surface area contributed by atoms with E-state index in [9.17, 15) is 0 Å². The second kappa shape index (κ2) is 4.09. The van der Waals surface area contributed by atoms with Crippen LogP contribution in [0.4, 0.5) is 0 Å². The van der Waals surface area contributed by atoms with Crippen molar-refractivity contribution in [1.29, 1.82) is 0 Å². The second-order valence-corrected chi connectivity index (χ2v) is 2.45. The fraction of sp³-hybridized carbons (Fsp3) is 1.00. The summed E-state index contributed by atoms with van der Waals surface area (Å²) < 4.78 is 0. The lowest BCUT2D eigenvalue weighted by Crippen LogP contribution is -2.42. The number of hydrogen-bond donors (Lipinski definition) is 2. The molecule has 2 atom stereocenters. The van der Waals surface area contributed by atoms with Gasteiger partial charge < -0.3 is 10.4 Å². The Morgan fingerprint density at radius 1 is 1.56 bits per heavy atom. The van der Waals surface area contributed by atoms with Crippen molar-refractivity contribution in [1.82, 2.24) is 5.32 Å². The van der Waals surface area contributed by atoms with Crippen LogP contribution in [0, 0.1) is 0 Å². The molecule has 2 nitrogen and oxygen atoms in total. The Labute approximate surface area is 62.1 Å². The maximum Gasteiger partial charge on any atom is 0.0690 e. The topological polar surface area (TPSA) is 32.3 Å². The van der Waals surface area contributed by atoms with Gasteiger partial charge in [0.25, 0.3) is 0 Å². The lowest BCUT2D eigenvalue weighted by molar-refractivity contribution is 0.104. The SMILES string of the molecule is C[C@H]1NCCC[C@@H]1O.Cl. The Balaban J connectivity index is 0.000000640. The number of nitrogens with one attached hydrogen (secondary N) is 1. The molecule has 0 saturated carbocycles. The Morgan fingerprint density at radius 2 is 2.22 bits per heavy atom. The monoisotopic (exact) mass is 151 g/mol. The van der Waals surface area contributed by atoms with E-state index < -0.39 is 0 Å². The highest BCUT2D eigenvalue weighted by Crippen LogP contribution is 2.06. The van der Waals surface area contributed by atoms with Crippen molar-refractivity contribution >= 4 is 12.4 Å². The van der Waals surface area contributed by atoms with Gasteiger partial charge in [-0.05, 0) is 26.3 Å². The molecule has 3 heteroatoms. The zero-order valence-electron chi connectivity index (χ0n) is 5.63. The van der Waals surface area contributed by atoms with Gasteiger partial charge in [-0.2, -0.15) is 0 Å². The number of hydrogen-bond acceptors (Lipinski definition) is 2. The van der Waals surface area contributed by atoms with Gasteiger partial charge in [-0.1, -0.05) is 0 Å². The quantitative estimate of drug-likeness (QED) is 0.530. The van der Waals surface area contributed by atoms with E-state index in [1.807, 2.05) is 6.92 Å². The van der Waals surface area contributed by atoms with E-state index in [2.05, 4.69) is 5.32 Å². The summed E-state index contributed by atoms with van der Waals surface area (Å²) in [5.74, 6) is 0. The Kier molecular flexibility index (Phi) is 4.19. The summed E-state index contributed by atoms with van der Waals surface area (Å²) >= 11 is 0. The van der Waals surface area contributed by atoms with Gasteiger partial charge in [0.2, 0.25) is 0 Å². The van der Waals surface area contributed by atoms with Gasteiger partial charge in [-0.25, -0.2) is 0 Å². The number of halogens is 1. The van der Waals surface area contributed by atoms with Gasteiger partial charge in [-0.15, -0.1) is 12.4 Å². The zero-order chi connectivity index (χ0) is 5.98. The second-order valence-electron chi connectivity index (χ2n) is 2.45. The van der Waals surface area contributed by atoms with Crippen molar-refractivity contribution in [2.75, 3.05) is 6.54 Å². The molecule has 0 aliphatic carbocycles. The molecule has 2 N–H and O–H groups in total. The first-order valence-corrected chi connectivity index (χ1v) is 3.22. The molecule has 56 valence electrons. The molecule has 1 aliphatic rings. The fourth-order valence-electron chi connectivity index (χ4n) is 1.03. The summed E-state index contributed by atoms with van der Waals surface area (Å²) in [4.78, 5) is 0. The van der Waals surface area contributed by atoms with E-state index in [-0.39, 0.29) is 18.5 Å². The molecular weight excluding hydrogens is 138 g/mol. The van der Waals surface area contributed by atoms with Crippen LogP contribution in [-0.2, 0) is 0 Å². The normalized spacial score (nSPS) is 35.3. The van der Waals surface area contributed by atoms with Gasteiger partial charge in [0.15, 0.2) is 0 Å². The molecule has 1 fully saturated rings. The molecule has 1 rings (SSSR count). The van der Waals surface area contributed by atoms with Crippen LogP contribution in [0.15, 0.2) is 0 Å². The molecule has 0 aromatic heterocycles. The van der Waals surface area contributed by atoms with Gasteiger partial charge in [0.1, 0.15) is 0 Å². The number of aliphatic hydroxyl groups is 1. The maximum atomic E-state index is 9.12. The predicted molar refractivity (Wildman–Crippen MR) is 40.0 cm³/mol. The molecule has 0 aromatic rings. The lowest BCUT2D eigenvalue weighted by atomic mass is 10.0. The highest BCUT2D eigenvalue weighted by atomic mass is 35.5. The molecule has 0 aromatic carbocycles. The summed E-state index contributed by atoms with van der Waals surface area (Å²) in [5, 5.41) is 12.3. The molecule has 9 heavy (non-hydrogen) atoms. The molecular formula is C6H14ClNO. The van der Waals surface area contributed by atoms with Crippen LogP contribution < -0.4 is 5.32 Å². The summed E-state index contributed by atoms with van der Waals surface area (Å²) in [6.07, 6.45) is 1.98. The molecule has 1 heterocycles. The van der Waals surface area contributed by atoms with E-state index >= 15 is 0 Å². The third-order valence-electron chi connectivity index (χ3n) is 1.72. The Bertz CT molecular complexity index is 69.5. The van der Waals surface area contributed by atoms with E-state index in [1.54, 1.807) is 0 Å². The zero-order valence-corrected chi connectivity index (χ0v) is 6.45. The number of aliphatic hydroxyl groups excluding tert-OH is 1. The summed E-state index contributed by atoms with van der Waals surface area (Å²) in [7, 11) is 0. The van der Waals surface area contributed by atoms with E-state index in [1.165, 1.54) is 0 Å². The van der Waals surface area contributed by atoms with Crippen LogP contribution in [-0.4, -0.2) is 23.8 Å². The predicted octanol–water partition coefficient (Wildman–Crippen LogP) is 0.541. The highest BCUT2D eigenvalue weighted by Gasteiger charge is 2.16. The Morgan fingerprint density at radius 3 is 2.56 bits per heavy atom. The summed E-state index contributed by atoms with van der Waals surface area (Å²) in [6, 6.07) is 0.309. The summed E-state index contributed by atoms with van der Waals surface area (Å²) in [6.45, 7) is 3.09. The van der Waals surface area contributed by atoms with Crippen molar-refractivity contribution in [2.24, 2.45) is 0 Å². The molecule has 0 unspecified atom stereocenters. The smallest absolute Gasteiger partial charge is 0.0690 e. The maximum absolute atomic E-state index is 9.12. The van der Waals surface area contributed by atoms with Gasteiger partial charge in [0, 0.05) is 6.04 Å². The largest absolute Gasteiger partial charge is 0.392 e. The fourth-order valence-corrected chi connectivity index (χ4v) is 1.03. The minimum absolute atomic E-state index is 0. The van der Waals surface area contributed by atoms with Gasteiger partial charge in [0.05, 0.1) is 6.10 Å².